The molecule has 2 N–H and O–H groups in total. The Hall–Kier alpha value is -2.68. The lowest BCUT2D eigenvalue weighted by Crippen LogP contribution is -2.23. The number of hydrogen-bond donors (Lipinski definition) is 2. The molecule has 33 heavy (non-hydrogen) atoms. The molecule has 0 unspecified atom stereocenters. The number of rotatable bonds is 10. The van der Waals surface area contributed by atoms with Crippen LogP contribution >= 0.6 is 15.9 Å². The molecule has 0 fully saturated rings. The predicted octanol–water partition coefficient (Wildman–Crippen LogP) is 5.60. The molecule has 174 valence electrons. The number of hydrogen-bond acceptors (Lipinski definition) is 4. The highest BCUT2D eigenvalue weighted by Crippen LogP contribution is 2.25. The fourth-order valence-electron chi connectivity index (χ4n) is 2.98. The van der Waals surface area contributed by atoms with Crippen LogP contribution in [0, 0.1) is 5.92 Å². The van der Waals surface area contributed by atoms with E-state index >= 15 is 0 Å². The topological polar surface area (TPSA) is 84.5 Å². The van der Waals surface area contributed by atoms with Crippen LogP contribution in [0.4, 0.5) is 5.69 Å². The molecule has 0 saturated heterocycles. The molecule has 0 saturated carbocycles. The number of carbonyl (C=O) groups excluding carboxylic acids is 1. The molecule has 8 heteroatoms. The second kappa shape index (κ2) is 11.4. The van der Waals surface area contributed by atoms with Gasteiger partial charge in [-0.3, -0.25) is 4.79 Å². The molecule has 0 spiro atoms. The fourth-order valence-corrected chi connectivity index (χ4v) is 4.36. The first-order chi connectivity index (χ1) is 15.7. The molecule has 0 aromatic heterocycles. The zero-order chi connectivity index (χ0) is 23.8. The Kier molecular flexibility index (Phi) is 8.66. The van der Waals surface area contributed by atoms with Crippen molar-refractivity contribution in [1.82, 2.24) is 4.72 Å². The zero-order valence-corrected chi connectivity index (χ0v) is 20.9. The fraction of sp³-hybridized carbons (Fsp3) is 0.240. The van der Waals surface area contributed by atoms with Crippen molar-refractivity contribution in [3.8, 4) is 5.75 Å². The first kappa shape index (κ1) is 25.0. The van der Waals surface area contributed by atoms with Crippen LogP contribution in [0.15, 0.2) is 82.2 Å². The maximum atomic E-state index is 12.9. The number of benzene rings is 3. The highest BCUT2D eigenvalue weighted by molar-refractivity contribution is 9.10. The van der Waals surface area contributed by atoms with E-state index in [1.807, 2.05) is 36.4 Å². The molecule has 0 bridgehead atoms. The summed E-state index contributed by atoms with van der Waals surface area (Å²) >= 11 is 3.40. The van der Waals surface area contributed by atoms with Crippen molar-refractivity contribution in [2.75, 3.05) is 11.9 Å². The van der Waals surface area contributed by atoms with Crippen LogP contribution in [0.5, 0.6) is 5.75 Å². The standard InChI is InChI=1S/C25H27BrN2O4S/c1-18(2)14-15-32-24-13-8-20(26)16-23(24)25(29)28-21-9-11-22(12-10-21)33(30,31)27-17-19-6-4-3-5-7-19/h3-13,16,18,27H,14-15,17H2,1-2H3,(H,28,29). The summed E-state index contributed by atoms with van der Waals surface area (Å²) in [5.41, 5.74) is 1.75. The van der Waals surface area contributed by atoms with Crippen molar-refractivity contribution in [1.29, 1.82) is 0 Å². The molecule has 3 aromatic carbocycles. The summed E-state index contributed by atoms with van der Waals surface area (Å²) in [6, 6.07) is 20.6. The molecule has 3 rings (SSSR count). The third-order valence-electron chi connectivity index (χ3n) is 4.87. The minimum atomic E-state index is -3.67. The van der Waals surface area contributed by atoms with Gasteiger partial charge >= 0.3 is 0 Å². The second-order valence-corrected chi connectivity index (χ2v) is 10.6. The van der Waals surface area contributed by atoms with Gasteiger partial charge in [0.2, 0.25) is 10.0 Å². The smallest absolute Gasteiger partial charge is 0.259 e. The average molecular weight is 531 g/mol. The quantitative estimate of drug-likeness (QED) is 0.357. The molecule has 0 atom stereocenters. The SMILES string of the molecule is CC(C)CCOc1ccc(Br)cc1C(=O)Nc1ccc(S(=O)(=O)NCc2ccccc2)cc1. The molecular weight excluding hydrogens is 504 g/mol. The normalized spacial score (nSPS) is 11.4. The van der Waals surface area contributed by atoms with Gasteiger partial charge in [-0.25, -0.2) is 13.1 Å². The number of sulfonamides is 1. The molecule has 6 nitrogen and oxygen atoms in total. The highest BCUT2D eigenvalue weighted by atomic mass is 79.9. The number of ether oxygens (including phenoxy) is 1. The Morgan fingerprint density at radius 1 is 1.00 bits per heavy atom. The summed E-state index contributed by atoms with van der Waals surface area (Å²) < 4.78 is 34.3. The van der Waals surface area contributed by atoms with Crippen LogP contribution in [0.1, 0.15) is 36.2 Å². The summed E-state index contributed by atoms with van der Waals surface area (Å²) in [4.78, 5) is 13.0. The summed E-state index contributed by atoms with van der Waals surface area (Å²) in [5.74, 6) is 0.656. The zero-order valence-electron chi connectivity index (χ0n) is 18.5. The van der Waals surface area contributed by atoms with Crippen LogP contribution < -0.4 is 14.8 Å². The minimum absolute atomic E-state index is 0.122. The van der Waals surface area contributed by atoms with Gasteiger partial charge in [-0.05, 0) is 60.4 Å². The summed E-state index contributed by atoms with van der Waals surface area (Å²) in [6.45, 7) is 4.94. The molecule has 0 aliphatic heterocycles. The van der Waals surface area contributed by atoms with Crippen LogP contribution in [-0.2, 0) is 16.6 Å². The van der Waals surface area contributed by atoms with E-state index in [9.17, 15) is 13.2 Å². The lowest BCUT2D eigenvalue weighted by molar-refractivity contribution is 0.102. The average Bonchev–Trinajstić information content (AvgIpc) is 2.79. The van der Waals surface area contributed by atoms with Gasteiger partial charge in [-0.15, -0.1) is 0 Å². The number of carbonyl (C=O) groups is 1. The first-order valence-corrected chi connectivity index (χ1v) is 12.9. The van der Waals surface area contributed by atoms with Crippen LogP contribution in [0.2, 0.25) is 0 Å². The van der Waals surface area contributed by atoms with E-state index in [-0.39, 0.29) is 17.3 Å². The van der Waals surface area contributed by atoms with Gasteiger partial charge < -0.3 is 10.1 Å². The van der Waals surface area contributed by atoms with Crippen molar-refractivity contribution in [3.05, 3.63) is 88.4 Å². The maximum absolute atomic E-state index is 12.9. The Morgan fingerprint density at radius 2 is 1.70 bits per heavy atom. The first-order valence-electron chi connectivity index (χ1n) is 10.6. The van der Waals surface area contributed by atoms with Gasteiger partial charge in [-0.1, -0.05) is 60.1 Å². The molecule has 0 aliphatic carbocycles. The van der Waals surface area contributed by atoms with Crippen molar-refractivity contribution in [3.63, 3.8) is 0 Å². The van der Waals surface area contributed by atoms with Crippen molar-refractivity contribution < 1.29 is 17.9 Å². The highest BCUT2D eigenvalue weighted by Gasteiger charge is 2.16. The van der Waals surface area contributed by atoms with Crippen molar-refractivity contribution in [2.45, 2.75) is 31.7 Å². The second-order valence-electron chi connectivity index (χ2n) is 7.96. The lowest BCUT2D eigenvalue weighted by atomic mass is 10.1. The molecule has 0 heterocycles. The summed E-state index contributed by atoms with van der Waals surface area (Å²) in [7, 11) is -3.67. The van der Waals surface area contributed by atoms with Gasteiger partial charge in [0.15, 0.2) is 0 Å². The monoisotopic (exact) mass is 530 g/mol. The maximum Gasteiger partial charge on any atom is 0.259 e. The number of halogens is 1. The Labute approximate surface area is 203 Å². The van der Waals surface area contributed by atoms with Crippen LogP contribution in [-0.4, -0.2) is 20.9 Å². The predicted molar refractivity (Wildman–Crippen MR) is 134 cm³/mol. The molecular formula is C25H27BrN2O4S. The number of amides is 1. The van der Waals surface area contributed by atoms with E-state index in [1.165, 1.54) is 12.1 Å². The Morgan fingerprint density at radius 3 is 2.36 bits per heavy atom. The van der Waals surface area contributed by atoms with Gasteiger partial charge in [0.05, 0.1) is 17.1 Å². The van der Waals surface area contributed by atoms with E-state index in [2.05, 4.69) is 39.8 Å². The number of nitrogens with one attached hydrogen (secondary N) is 2. The number of anilines is 1. The van der Waals surface area contributed by atoms with Crippen LogP contribution in [0.3, 0.4) is 0 Å². The lowest BCUT2D eigenvalue weighted by Gasteiger charge is -2.13. The van der Waals surface area contributed by atoms with Crippen LogP contribution in [0.25, 0.3) is 0 Å². The van der Waals surface area contributed by atoms with E-state index in [0.717, 1.165) is 16.5 Å². The van der Waals surface area contributed by atoms with Crippen molar-refractivity contribution >= 4 is 37.5 Å². The molecule has 3 aromatic rings. The van der Waals surface area contributed by atoms with Gasteiger partial charge in [-0.2, -0.15) is 0 Å². The van der Waals surface area contributed by atoms with E-state index in [0.29, 0.717) is 29.5 Å². The molecule has 0 aliphatic rings. The summed E-state index contributed by atoms with van der Waals surface area (Å²) in [6.07, 6.45) is 0.880. The third-order valence-corrected chi connectivity index (χ3v) is 6.78. The molecule has 0 radical (unpaired) electrons. The van der Waals surface area contributed by atoms with Gasteiger partial charge in [0.25, 0.3) is 5.91 Å². The van der Waals surface area contributed by atoms with Crippen molar-refractivity contribution in [2.24, 2.45) is 5.92 Å². The third kappa shape index (κ3) is 7.42. The van der Waals surface area contributed by atoms with E-state index < -0.39 is 10.0 Å². The Balaban J connectivity index is 1.67. The van der Waals surface area contributed by atoms with Gasteiger partial charge in [0.1, 0.15) is 5.75 Å². The largest absolute Gasteiger partial charge is 0.493 e. The minimum Gasteiger partial charge on any atom is -0.493 e. The van der Waals surface area contributed by atoms with E-state index in [1.54, 1.807) is 24.3 Å². The van der Waals surface area contributed by atoms with Gasteiger partial charge in [0, 0.05) is 16.7 Å². The summed E-state index contributed by atoms with van der Waals surface area (Å²) in [5, 5.41) is 2.81. The van der Waals surface area contributed by atoms with E-state index in [4.69, 9.17) is 4.74 Å². The molecule has 1 amide bonds. The Bertz CT molecular complexity index is 1180.